The van der Waals surface area contributed by atoms with E-state index in [0.29, 0.717) is 6.42 Å². The highest BCUT2D eigenvalue weighted by Crippen LogP contribution is 2.29. The fourth-order valence-corrected chi connectivity index (χ4v) is 1.58. The summed E-state index contributed by atoms with van der Waals surface area (Å²) in [5.41, 5.74) is 0. The van der Waals surface area contributed by atoms with E-state index in [0.717, 1.165) is 0 Å². The number of aliphatic hydroxyl groups is 1. The van der Waals surface area contributed by atoms with Gasteiger partial charge in [-0.2, -0.15) is 0 Å². The summed E-state index contributed by atoms with van der Waals surface area (Å²) in [4.78, 5) is 0. The molecule has 17 heavy (non-hydrogen) atoms. The average Bonchev–Trinajstić information content (AvgIpc) is 2.51. The molecule has 1 rings (SSSR count). The average molecular weight is 234 g/mol. The van der Waals surface area contributed by atoms with Crippen molar-refractivity contribution in [3.05, 3.63) is 12.7 Å². The predicted octanol–water partition coefficient (Wildman–Crippen LogP) is 1.47. The molecule has 0 saturated carbocycles. The summed E-state index contributed by atoms with van der Waals surface area (Å²) in [7, 11) is 0. The lowest BCUT2D eigenvalue weighted by molar-refractivity contribution is -0.144. The van der Waals surface area contributed by atoms with Crippen molar-refractivity contribution in [2.45, 2.75) is 51.3 Å². The van der Waals surface area contributed by atoms with Crippen molar-refractivity contribution in [2.24, 2.45) is 0 Å². The molecule has 1 heterocycles. The summed E-state index contributed by atoms with van der Waals surface area (Å²) in [6, 6.07) is 0. The van der Waals surface area contributed by atoms with Gasteiger partial charge in [0.25, 0.3) is 0 Å². The van der Waals surface area contributed by atoms with Crippen LogP contribution in [0.3, 0.4) is 0 Å². The fourth-order valence-electron chi connectivity index (χ4n) is 1.58. The van der Waals surface area contributed by atoms with Crippen LogP contribution >= 0.6 is 0 Å². The molecule has 0 aromatic rings. The summed E-state index contributed by atoms with van der Waals surface area (Å²) in [5.74, 6) is 10.1. The van der Waals surface area contributed by atoms with E-state index in [1.165, 1.54) is 6.08 Å². The van der Waals surface area contributed by atoms with Gasteiger partial charge in [0.05, 0.1) is 12.2 Å². The quantitative estimate of drug-likeness (QED) is 0.581. The van der Waals surface area contributed by atoms with Crippen molar-refractivity contribution in [1.29, 1.82) is 0 Å². The van der Waals surface area contributed by atoms with E-state index in [2.05, 4.69) is 30.3 Å². The molecule has 0 aromatic heterocycles. The third kappa shape index (κ3) is 4.63. The van der Waals surface area contributed by atoms with Crippen molar-refractivity contribution in [2.75, 3.05) is 0 Å². The molecule has 0 radical (unpaired) electrons. The largest absolute Gasteiger partial charge is 0.377 e. The normalized spacial score (nSPS) is 27.3. The van der Waals surface area contributed by atoms with Gasteiger partial charge in [-0.25, -0.2) is 0 Å². The van der Waals surface area contributed by atoms with Gasteiger partial charge in [-0.3, -0.25) is 0 Å². The van der Waals surface area contributed by atoms with Gasteiger partial charge in [0.1, 0.15) is 6.10 Å². The van der Waals surface area contributed by atoms with Crippen LogP contribution in [0, 0.1) is 23.7 Å². The molecule has 1 aliphatic heterocycles. The Hall–Kier alpha value is -1.26. The van der Waals surface area contributed by atoms with Crippen molar-refractivity contribution in [3.63, 3.8) is 0 Å². The SMILES string of the molecule is C=C[C@@H](O)C#CC#CC[C@H]1OC(C)(C)O[C@@H]1C. The van der Waals surface area contributed by atoms with Crippen LogP contribution < -0.4 is 0 Å². The molecule has 1 N–H and O–H groups in total. The molecule has 3 heteroatoms. The maximum atomic E-state index is 9.08. The second kappa shape index (κ2) is 5.89. The Kier molecular flexibility index (Phi) is 4.78. The van der Waals surface area contributed by atoms with Gasteiger partial charge in [-0.15, -0.1) is 0 Å². The topological polar surface area (TPSA) is 38.7 Å². The van der Waals surface area contributed by atoms with Crippen LogP contribution in [0.1, 0.15) is 27.2 Å². The van der Waals surface area contributed by atoms with E-state index in [-0.39, 0.29) is 12.2 Å². The summed E-state index contributed by atoms with van der Waals surface area (Å²) in [6.45, 7) is 9.15. The Balaban J connectivity index is 2.44. The number of hydrogen-bond acceptors (Lipinski definition) is 3. The first-order valence-corrected chi connectivity index (χ1v) is 5.59. The number of ether oxygens (including phenoxy) is 2. The van der Waals surface area contributed by atoms with E-state index < -0.39 is 11.9 Å². The number of aliphatic hydroxyl groups excluding tert-OH is 1. The molecular weight excluding hydrogens is 216 g/mol. The minimum atomic E-state index is -0.812. The second-order valence-electron chi connectivity index (χ2n) is 4.33. The van der Waals surface area contributed by atoms with Crippen molar-refractivity contribution in [3.8, 4) is 23.7 Å². The third-order valence-corrected chi connectivity index (χ3v) is 2.33. The maximum Gasteiger partial charge on any atom is 0.163 e. The Morgan fingerprint density at radius 2 is 2.12 bits per heavy atom. The van der Waals surface area contributed by atoms with E-state index in [1.807, 2.05) is 20.8 Å². The van der Waals surface area contributed by atoms with E-state index in [9.17, 15) is 0 Å². The standard InChI is InChI=1S/C14H18O3/c1-5-12(15)9-7-6-8-10-13-11(2)16-14(3,4)17-13/h5,11-13,15H,1,10H2,2-4H3/t11-,12-,13-/m1/s1. The molecule has 0 spiro atoms. The highest BCUT2D eigenvalue weighted by molar-refractivity contribution is 5.28. The smallest absolute Gasteiger partial charge is 0.163 e. The summed E-state index contributed by atoms with van der Waals surface area (Å²) < 4.78 is 11.3. The number of hydrogen-bond donors (Lipinski definition) is 1. The molecule has 0 amide bonds. The van der Waals surface area contributed by atoms with Crippen molar-refractivity contribution in [1.82, 2.24) is 0 Å². The highest BCUT2D eigenvalue weighted by atomic mass is 16.7. The third-order valence-electron chi connectivity index (χ3n) is 2.33. The van der Waals surface area contributed by atoms with Gasteiger partial charge in [-0.1, -0.05) is 24.5 Å². The Bertz CT molecular complexity index is 389. The molecule has 92 valence electrons. The van der Waals surface area contributed by atoms with Crippen molar-refractivity contribution >= 4 is 0 Å². The van der Waals surface area contributed by atoms with Crippen LogP contribution in [-0.2, 0) is 9.47 Å². The minimum absolute atomic E-state index is 0.0244. The van der Waals surface area contributed by atoms with Gasteiger partial charge in [-0.05, 0) is 32.6 Å². The zero-order valence-corrected chi connectivity index (χ0v) is 10.5. The molecule has 3 nitrogen and oxygen atoms in total. The van der Waals surface area contributed by atoms with Crippen molar-refractivity contribution < 1.29 is 14.6 Å². The molecular formula is C14H18O3. The molecule has 0 bridgehead atoms. The van der Waals surface area contributed by atoms with E-state index in [4.69, 9.17) is 14.6 Å². The van der Waals surface area contributed by atoms with Crippen LogP contribution in [0.25, 0.3) is 0 Å². The minimum Gasteiger partial charge on any atom is -0.377 e. The molecule has 1 fully saturated rings. The fraction of sp³-hybridized carbons (Fsp3) is 0.571. The zero-order valence-electron chi connectivity index (χ0n) is 10.5. The van der Waals surface area contributed by atoms with Gasteiger partial charge in [0.15, 0.2) is 5.79 Å². The molecule has 0 unspecified atom stereocenters. The van der Waals surface area contributed by atoms with E-state index in [1.54, 1.807) is 0 Å². The Morgan fingerprint density at radius 1 is 1.41 bits per heavy atom. The van der Waals surface area contributed by atoms with Gasteiger partial charge < -0.3 is 14.6 Å². The van der Waals surface area contributed by atoms with Gasteiger partial charge >= 0.3 is 0 Å². The van der Waals surface area contributed by atoms with Crippen LogP contribution in [0.2, 0.25) is 0 Å². The zero-order chi connectivity index (χ0) is 12.9. The first-order chi connectivity index (χ1) is 7.94. The van der Waals surface area contributed by atoms with E-state index >= 15 is 0 Å². The van der Waals surface area contributed by atoms with Crippen LogP contribution in [0.4, 0.5) is 0 Å². The molecule has 1 saturated heterocycles. The number of rotatable bonds is 2. The molecule has 0 aromatic carbocycles. The summed E-state index contributed by atoms with van der Waals surface area (Å²) >= 11 is 0. The monoisotopic (exact) mass is 234 g/mol. The lowest BCUT2D eigenvalue weighted by Gasteiger charge is -2.16. The predicted molar refractivity (Wildman–Crippen MR) is 65.9 cm³/mol. The lowest BCUT2D eigenvalue weighted by atomic mass is 10.2. The first kappa shape index (κ1) is 13.8. The first-order valence-electron chi connectivity index (χ1n) is 5.59. The Labute approximate surface area is 103 Å². The van der Waals surface area contributed by atoms with Crippen LogP contribution in [0.15, 0.2) is 12.7 Å². The maximum absolute atomic E-state index is 9.08. The van der Waals surface area contributed by atoms with Crippen LogP contribution in [0.5, 0.6) is 0 Å². The lowest BCUT2D eigenvalue weighted by Crippen LogP contribution is -2.21. The molecule has 0 aliphatic carbocycles. The summed E-state index contributed by atoms with van der Waals surface area (Å²) in [5, 5.41) is 9.08. The van der Waals surface area contributed by atoms with Gasteiger partial charge in [0, 0.05) is 6.42 Å². The molecule has 3 atom stereocenters. The summed E-state index contributed by atoms with van der Waals surface area (Å²) in [6.07, 6.45) is 1.12. The van der Waals surface area contributed by atoms with Gasteiger partial charge in [0.2, 0.25) is 0 Å². The Morgan fingerprint density at radius 3 is 2.65 bits per heavy atom. The molecule has 1 aliphatic rings. The second-order valence-corrected chi connectivity index (χ2v) is 4.33. The highest BCUT2D eigenvalue weighted by Gasteiger charge is 2.37. The van der Waals surface area contributed by atoms with Crippen LogP contribution in [-0.4, -0.2) is 29.2 Å².